The van der Waals surface area contributed by atoms with Crippen LogP contribution in [0.5, 0.6) is 11.5 Å². The number of hydrogen-bond donors (Lipinski definition) is 2. The van der Waals surface area contributed by atoms with Gasteiger partial charge in [-0.1, -0.05) is 38.3 Å². The number of benzene rings is 2. The summed E-state index contributed by atoms with van der Waals surface area (Å²) in [5.74, 6) is 1.52. The number of methoxy groups -OCH3 is 1. The molecule has 2 aliphatic rings. The summed E-state index contributed by atoms with van der Waals surface area (Å²) in [6, 6.07) is 15.5. The number of Topliss-reactive ketones (excluding diaryl/α,β-unsaturated/α-hetero) is 1. The van der Waals surface area contributed by atoms with Gasteiger partial charge in [0.25, 0.3) is 0 Å². The second-order valence-electron chi connectivity index (χ2n) is 11.6. The summed E-state index contributed by atoms with van der Waals surface area (Å²) in [6.45, 7) is 3.54. The van der Waals surface area contributed by atoms with E-state index in [1.165, 1.54) is 44.9 Å². The molecule has 0 saturated carbocycles. The van der Waals surface area contributed by atoms with E-state index in [0.717, 1.165) is 23.5 Å². The fourth-order valence-electron chi connectivity index (χ4n) is 6.25. The van der Waals surface area contributed by atoms with Gasteiger partial charge in [0.05, 0.1) is 19.8 Å². The Hall–Kier alpha value is -2.90. The average Bonchev–Trinajstić information content (AvgIpc) is 3.57. The van der Waals surface area contributed by atoms with Gasteiger partial charge in [0.2, 0.25) is 5.91 Å². The predicted octanol–water partition coefficient (Wildman–Crippen LogP) is 6.24. The van der Waals surface area contributed by atoms with Crippen LogP contribution in [0.3, 0.4) is 0 Å². The van der Waals surface area contributed by atoms with Gasteiger partial charge in [0, 0.05) is 37.0 Å². The normalized spacial score (nSPS) is 19.6. The van der Waals surface area contributed by atoms with Crippen molar-refractivity contribution in [3.63, 3.8) is 0 Å². The number of aliphatic hydroxyl groups excluding tert-OH is 1. The third-order valence-corrected chi connectivity index (χ3v) is 8.70. The summed E-state index contributed by atoms with van der Waals surface area (Å²) in [7, 11) is 1.60. The molecule has 2 atom stereocenters. The van der Waals surface area contributed by atoms with Crippen molar-refractivity contribution >= 4 is 11.7 Å². The molecule has 2 fully saturated rings. The van der Waals surface area contributed by atoms with Crippen LogP contribution in [0.4, 0.5) is 0 Å². The van der Waals surface area contributed by atoms with Gasteiger partial charge in [-0.3, -0.25) is 14.5 Å². The molecule has 2 heterocycles. The van der Waals surface area contributed by atoms with Crippen LogP contribution in [-0.2, 0) is 4.79 Å². The first-order chi connectivity index (χ1) is 20.0. The molecule has 0 aromatic heterocycles. The fourth-order valence-corrected chi connectivity index (χ4v) is 6.25. The molecule has 2 aromatic carbocycles. The highest BCUT2D eigenvalue weighted by Crippen LogP contribution is 2.38. The molecule has 2 aliphatic heterocycles. The van der Waals surface area contributed by atoms with E-state index in [4.69, 9.17) is 9.47 Å². The van der Waals surface area contributed by atoms with Gasteiger partial charge in [-0.05, 0) is 86.9 Å². The Kier molecular flexibility index (Phi) is 12.1. The number of ether oxygens (including phenoxy) is 2. The Morgan fingerprint density at radius 3 is 2.15 bits per heavy atom. The minimum atomic E-state index is -0.811. The van der Waals surface area contributed by atoms with Gasteiger partial charge in [-0.15, -0.1) is 0 Å². The molecular formula is C34H48N2O5. The third kappa shape index (κ3) is 9.04. The Bertz CT molecular complexity index is 1070. The molecule has 4 rings (SSSR count). The lowest BCUT2D eigenvalue weighted by Gasteiger charge is -2.31. The first-order valence-electron chi connectivity index (χ1n) is 15.6. The topological polar surface area (TPSA) is 88.1 Å². The van der Waals surface area contributed by atoms with Crippen LogP contribution in [0.25, 0.3) is 0 Å². The van der Waals surface area contributed by atoms with Crippen LogP contribution < -0.4 is 14.8 Å². The van der Waals surface area contributed by atoms with Crippen LogP contribution in [0.15, 0.2) is 48.5 Å². The lowest BCUT2D eigenvalue weighted by molar-refractivity contribution is -0.123. The number of fused-ring (bicyclic) bond motifs is 2. The SMILES string of the molecule is CCCCCCOc1ccc([C@@H](O)[C@@H](CN2C3CCC2CC3)NC(=O)CCCCC(=O)c2ccc(OC)cc2)cc1. The van der Waals surface area contributed by atoms with E-state index in [1.807, 2.05) is 24.3 Å². The highest BCUT2D eigenvalue weighted by molar-refractivity contribution is 5.96. The first kappa shape index (κ1) is 31.0. The van der Waals surface area contributed by atoms with Gasteiger partial charge in [0.1, 0.15) is 17.6 Å². The van der Waals surface area contributed by atoms with Gasteiger partial charge in [-0.2, -0.15) is 0 Å². The lowest BCUT2D eigenvalue weighted by Crippen LogP contribution is -2.48. The fraction of sp³-hybridized carbons (Fsp3) is 0.588. The van der Waals surface area contributed by atoms with E-state index in [0.29, 0.717) is 56.5 Å². The van der Waals surface area contributed by atoms with Gasteiger partial charge < -0.3 is 19.9 Å². The maximum absolute atomic E-state index is 13.0. The van der Waals surface area contributed by atoms with Crippen molar-refractivity contribution in [1.29, 1.82) is 0 Å². The monoisotopic (exact) mass is 564 g/mol. The van der Waals surface area contributed by atoms with Crippen LogP contribution >= 0.6 is 0 Å². The number of amides is 1. The van der Waals surface area contributed by atoms with E-state index < -0.39 is 12.1 Å². The smallest absolute Gasteiger partial charge is 0.220 e. The van der Waals surface area contributed by atoms with Gasteiger partial charge in [0.15, 0.2) is 5.78 Å². The Balaban J connectivity index is 1.28. The number of unbranched alkanes of at least 4 members (excludes halogenated alkanes) is 4. The molecule has 0 unspecified atom stereocenters. The summed E-state index contributed by atoms with van der Waals surface area (Å²) in [6.07, 6.45) is 10.6. The Labute approximate surface area is 245 Å². The van der Waals surface area contributed by atoms with E-state index in [9.17, 15) is 14.7 Å². The third-order valence-electron chi connectivity index (χ3n) is 8.70. The standard InChI is InChI=1S/C34H48N2O5/c1-3-4-5-8-23-41-30-21-13-26(14-22-30)34(39)31(24-36-27-15-16-28(36)18-17-27)35-33(38)10-7-6-9-32(37)25-11-19-29(40-2)20-12-25/h11-14,19-22,27-28,31,34,39H,3-10,15-18,23-24H2,1-2H3,(H,35,38)/t27?,28?,31-,34-/m1/s1. The van der Waals surface area contributed by atoms with Crippen LogP contribution in [0, 0.1) is 0 Å². The van der Waals surface area contributed by atoms with Crippen molar-refractivity contribution in [2.75, 3.05) is 20.3 Å². The molecule has 0 radical (unpaired) electrons. The number of rotatable bonds is 18. The zero-order valence-corrected chi connectivity index (χ0v) is 24.9. The zero-order valence-electron chi connectivity index (χ0n) is 24.9. The maximum Gasteiger partial charge on any atom is 0.220 e. The summed E-state index contributed by atoms with van der Waals surface area (Å²) < 4.78 is 11.0. The highest BCUT2D eigenvalue weighted by atomic mass is 16.5. The molecule has 2 N–H and O–H groups in total. The van der Waals surface area contributed by atoms with Crippen molar-refractivity contribution in [2.45, 2.75) is 108 Å². The molecule has 2 bridgehead atoms. The number of nitrogens with zero attached hydrogens (tertiary/aromatic N) is 1. The van der Waals surface area contributed by atoms with Crippen molar-refractivity contribution in [2.24, 2.45) is 0 Å². The number of aliphatic hydroxyl groups is 1. The average molecular weight is 565 g/mol. The van der Waals surface area contributed by atoms with E-state index in [2.05, 4.69) is 17.1 Å². The molecule has 0 aliphatic carbocycles. The lowest BCUT2D eigenvalue weighted by atomic mass is 10.0. The quantitative estimate of drug-likeness (QED) is 0.165. The van der Waals surface area contributed by atoms with Crippen LogP contribution in [0.1, 0.15) is 106 Å². The molecule has 224 valence electrons. The number of ketones is 1. The molecule has 7 nitrogen and oxygen atoms in total. The number of carbonyl (C=O) groups is 2. The summed E-state index contributed by atoms with van der Waals surface area (Å²) in [5, 5.41) is 14.6. The van der Waals surface area contributed by atoms with Crippen molar-refractivity contribution in [3.05, 3.63) is 59.7 Å². The zero-order chi connectivity index (χ0) is 29.0. The van der Waals surface area contributed by atoms with E-state index in [1.54, 1.807) is 31.4 Å². The van der Waals surface area contributed by atoms with Crippen LogP contribution in [0.2, 0.25) is 0 Å². The molecule has 2 saturated heterocycles. The highest BCUT2D eigenvalue weighted by Gasteiger charge is 2.41. The minimum absolute atomic E-state index is 0.0688. The van der Waals surface area contributed by atoms with Crippen molar-refractivity contribution in [1.82, 2.24) is 10.2 Å². The van der Waals surface area contributed by atoms with Crippen LogP contribution in [-0.4, -0.2) is 60.1 Å². The first-order valence-corrected chi connectivity index (χ1v) is 15.6. The summed E-state index contributed by atoms with van der Waals surface area (Å²) in [4.78, 5) is 28.0. The van der Waals surface area contributed by atoms with Gasteiger partial charge in [-0.25, -0.2) is 0 Å². The minimum Gasteiger partial charge on any atom is -0.497 e. The van der Waals surface area contributed by atoms with Crippen molar-refractivity contribution in [3.8, 4) is 11.5 Å². The maximum atomic E-state index is 13.0. The summed E-state index contributed by atoms with van der Waals surface area (Å²) >= 11 is 0. The van der Waals surface area contributed by atoms with Crippen molar-refractivity contribution < 1.29 is 24.2 Å². The number of nitrogens with one attached hydrogen (secondary N) is 1. The number of carbonyl (C=O) groups excluding carboxylic acids is 2. The molecule has 41 heavy (non-hydrogen) atoms. The largest absolute Gasteiger partial charge is 0.497 e. The second-order valence-corrected chi connectivity index (χ2v) is 11.6. The Morgan fingerprint density at radius 2 is 1.51 bits per heavy atom. The number of hydrogen-bond acceptors (Lipinski definition) is 6. The predicted molar refractivity (Wildman–Crippen MR) is 162 cm³/mol. The van der Waals surface area contributed by atoms with E-state index in [-0.39, 0.29) is 11.7 Å². The van der Waals surface area contributed by atoms with E-state index >= 15 is 0 Å². The Morgan fingerprint density at radius 1 is 0.878 bits per heavy atom. The molecule has 7 heteroatoms. The summed E-state index contributed by atoms with van der Waals surface area (Å²) in [5.41, 5.74) is 1.44. The molecule has 0 spiro atoms. The molecule has 2 aromatic rings. The molecule has 1 amide bonds. The van der Waals surface area contributed by atoms with Gasteiger partial charge >= 0.3 is 0 Å². The molecular weight excluding hydrogens is 516 g/mol. The second kappa shape index (κ2) is 15.9.